The molecule has 13 heteroatoms. The van der Waals surface area contributed by atoms with Crippen molar-refractivity contribution in [1.82, 2.24) is 14.8 Å². The molecule has 2 heterocycles. The Kier molecular flexibility index (Phi) is 7.43. The van der Waals surface area contributed by atoms with Crippen molar-refractivity contribution < 1.29 is 31.5 Å². The van der Waals surface area contributed by atoms with E-state index in [0.29, 0.717) is 28.5 Å². The summed E-state index contributed by atoms with van der Waals surface area (Å²) in [5, 5.41) is 10.7. The van der Waals surface area contributed by atoms with Gasteiger partial charge in [0.2, 0.25) is 27.7 Å². The minimum atomic E-state index is -4.01. The number of hydrogen-bond donors (Lipinski definition) is 2. The normalized spacial score (nSPS) is 11.2. The molecule has 2 aromatic heterocycles. The topological polar surface area (TPSA) is 138 Å². The van der Waals surface area contributed by atoms with Crippen LogP contribution < -0.4 is 19.5 Å². The number of rotatable bonds is 10. The Morgan fingerprint density at radius 3 is 2.43 bits per heavy atom. The van der Waals surface area contributed by atoms with Gasteiger partial charge in [-0.15, -0.1) is 10.2 Å². The van der Waals surface area contributed by atoms with Crippen LogP contribution in [0.25, 0.3) is 17.3 Å². The van der Waals surface area contributed by atoms with Gasteiger partial charge in [-0.05, 0) is 48.4 Å². The number of aryl methyl sites for hydroxylation is 1. The lowest BCUT2D eigenvalue weighted by atomic mass is 10.1. The van der Waals surface area contributed by atoms with Gasteiger partial charge in [-0.2, -0.15) is 0 Å². The molecule has 0 fully saturated rings. The number of carbonyl (C=O) groups excluding carboxylic acids is 1. The molecule has 194 valence electrons. The standard InChI is InChI=1S/C24H24FN5O6S/c1-15(31)26-18-14-17(25)10-9-16(18)11-13-37(32,33)29-24-28-27-23(21-8-5-12-36-21)30(24)22-19(34-2)6-4-7-20(22)35-3/h4-10,12,14H,11,13H2,1-3H3,(H,26,31)(H,28,29). The van der Waals surface area contributed by atoms with Crippen LogP contribution in [-0.4, -0.2) is 49.1 Å². The maximum absolute atomic E-state index is 13.7. The van der Waals surface area contributed by atoms with E-state index in [1.807, 2.05) is 0 Å². The van der Waals surface area contributed by atoms with E-state index in [1.165, 1.54) is 44.1 Å². The molecule has 11 nitrogen and oxygen atoms in total. The number of benzene rings is 2. The summed E-state index contributed by atoms with van der Waals surface area (Å²) in [6.45, 7) is 1.28. The summed E-state index contributed by atoms with van der Waals surface area (Å²) >= 11 is 0. The van der Waals surface area contributed by atoms with E-state index in [4.69, 9.17) is 13.9 Å². The number of nitrogens with one attached hydrogen (secondary N) is 2. The number of amides is 1. The molecule has 4 rings (SSSR count). The number of furan rings is 1. The van der Waals surface area contributed by atoms with Crippen molar-refractivity contribution in [2.45, 2.75) is 13.3 Å². The zero-order valence-electron chi connectivity index (χ0n) is 20.2. The van der Waals surface area contributed by atoms with Crippen LogP contribution in [0.3, 0.4) is 0 Å². The van der Waals surface area contributed by atoms with Crippen LogP contribution in [0.4, 0.5) is 16.0 Å². The lowest BCUT2D eigenvalue weighted by Gasteiger charge is -2.17. The Morgan fingerprint density at radius 2 is 1.81 bits per heavy atom. The fourth-order valence-electron chi connectivity index (χ4n) is 3.69. The largest absolute Gasteiger partial charge is 0.494 e. The third-order valence-corrected chi connectivity index (χ3v) is 6.53. The summed E-state index contributed by atoms with van der Waals surface area (Å²) in [6.07, 6.45) is 1.44. The number of aromatic nitrogens is 3. The zero-order valence-corrected chi connectivity index (χ0v) is 21.0. The molecular weight excluding hydrogens is 505 g/mol. The van der Waals surface area contributed by atoms with Gasteiger partial charge in [-0.1, -0.05) is 12.1 Å². The number of methoxy groups -OCH3 is 2. The molecular formula is C24H24FN5O6S. The average Bonchev–Trinajstić information content (AvgIpc) is 3.52. The third kappa shape index (κ3) is 5.72. The van der Waals surface area contributed by atoms with Gasteiger partial charge < -0.3 is 19.2 Å². The van der Waals surface area contributed by atoms with Crippen molar-refractivity contribution in [2.75, 3.05) is 30.0 Å². The summed E-state index contributed by atoms with van der Waals surface area (Å²) in [7, 11) is -1.07. The first-order valence-corrected chi connectivity index (χ1v) is 12.6. The number of halogens is 1. The SMILES string of the molecule is COc1cccc(OC)c1-n1c(NS(=O)(=O)CCc2ccc(F)cc2NC(C)=O)nnc1-c1ccco1. The Balaban J connectivity index is 1.70. The molecule has 37 heavy (non-hydrogen) atoms. The number of para-hydroxylation sites is 1. The predicted molar refractivity (Wildman–Crippen MR) is 134 cm³/mol. The lowest BCUT2D eigenvalue weighted by molar-refractivity contribution is -0.114. The van der Waals surface area contributed by atoms with Crippen LogP contribution in [0.2, 0.25) is 0 Å². The first-order valence-electron chi connectivity index (χ1n) is 11.0. The number of nitrogens with zero attached hydrogens (tertiary/aromatic N) is 3. The van der Waals surface area contributed by atoms with Crippen LogP contribution in [0.5, 0.6) is 11.5 Å². The Bertz CT molecular complexity index is 1500. The molecule has 0 aliphatic carbocycles. The monoisotopic (exact) mass is 529 g/mol. The van der Waals surface area contributed by atoms with Crippen LogP contribution in [-0.2, 0) is 21.2 Å². The first kappa shape index (κ1) is 25.7. The van der Waals surface area contributed by atoms with E-state index < -0.39 is 27.5 Å². The summed E-state index contributed by atoms with van der Waals surface area (Å²) in [5.74, 6) is -0.200. The number of anilines is 2. The van der Waals surface area contributed by atoms with E-state index in [2.05, 4.69) is 20.2 Å². The summed E-state index contributed by atoms with van der Waals surface area (Å²) in [5.41, 5.74) is 1.00. The quantitative estimate of drug-likeness (QED) is 0.318. The molecule has 0 aliphatic rings. The highest BCUT2D eigenvalue weighted by Gasteiger charge is 2.26. The third-order valence-electron chi connectivity index (χ3n) is 5.30. The van der Waals surface area contributed by atoms with Gasteiger partial charge >= 0.3 is 0 Å². The lowest BCUT2D eigenvalue weighted by Crippen LogP contribution is -2.21. The van der Waals surface area contributed by atoms with Crippen molar-refractivity contribution in [3.63, 3.8) is 0 Å². The molecule has 1 amide bonds. The molecule has 0 unspecified atom stereocenters. The second-order valence-corrected chi connectivity index (χ2v) is 9.67. The summed E-state index contributed by atoms with van der Waals surface area (Å²) < 4.78 is 60.3. The predicted octanol–water partition coefficient (Wildman–Crippen LogP) is 3.63. The molecule has 0 radical (unpaired) electrons. The molecule has 0 atom stereocenters. The van der Waals surface area contributed by atoms with Gasteiger partial charge in [0.15, 0.2) is 5.76 Å². The van der Waals surface area contributed by atoms with Crippen molar-refractivity contribution >= 4 is 27.6 Å². The van der Waals surface area contributed by atoms with Gasteiger partial charge in [0.25, 0.3) is 0 Å². The molecule has 0 spiro atoms. The summed E-state index contributed by atoms with van der Waals surface area (Å²) in [6, 6.07) is 12.1. The van der Waals surface area contributed by atoms with E-state index in [0.717, 1.165) is 6.07 Å². The van der Waals surface area contributed by atoms with Crippen LogP contribution >= 0.6 is 0 Å². The molecule has 0 bridgehead atoms. The van der Waals surface area contributed by atoms with Gasteiger partial charge in [-0.3, -0.25) is 14.1 Å². The van der Waals surface area contributed by atoms with E-state index >= 15 is 0 Å². The second kappa shape index (κ2) is 10.7. The van der Waals surface area contributed by atoms with E-state index in [1.54, 1.807) is 30.3 Å². The Labute approximate surface area is 212 Å². The van der Waals surface area contributed by atoms with E-state index in [9.17, 15) is 17.6 Å². The number of carbonyl (C=O) groups is 1. The minimum Gasteiger partial charge on any atom is -0.494 e. The van der Waals surface area contributed by atoms with E-state index in [-0.39, 0.29) is 23.9 Å². The number of sulfonamides is 1. The fourth-order valence-corrected chi connectivity index (χ4v) is 4.69. The molecule has 2 aromatic carbocycles. The molecule has 0 aliphatic heterocycles. The molecule has 4 aromatic rings. The second-order valence-electron chi connectivity index (χ2n) is 7.82. The van der Waals surface area contributed by atoms with Crippen LogP contribution in [0, 0.1) is 5.82 Å². The highest BCUT2D eigenvalue weighted by atomic mass is 32.2. The first-order chi connectivity index (χ1) is 17.7. The molecule has 2 N–H and O–H groups in total. The summed E-state index contributed by atoms with van der Waals surface area (Å²) in [4.78, 5) is 11.5. The highest BCUT2D eigenvalue weighted by Crippen LogP contribution is 2.37. The molecule has 0 saturated carbocycles. The smallest absolute Gasteiger partial charge is 0.243 e. The Hall–Kier alpha value is -4.39. The Morgan fingerprint density at radius 1 is 1.08 bits per heavy atom. The highest BCUT2D eigenvalue weighted by molar-refractivity contribution is 7.92. The molecule has 0 saturated heterocycles. The van der Waals surface area contributed by atoms with Crippen molar-refractivity contribution in [2.24, 2.45) is 0 Å². The maximum atomic E-state index is 13.7. The van der Waals surface area contributed by atoms with Crippen LogP contribution in [0.1, 0.15) is 12.5 Å². The zero-order chi connectivity index (χ0) is 26.6. The van der Waals surface area contributed by atoms with Crippen molar-refractivity contribution in [3.05, 3.63) is 66.2 Å². The maximum Gasteiger partial charge on any atom is 0.243 e. The van der Waals surface area contributed by atoms with Gasteiger partial charge in [-0.25, -0.2) is 12.8 Å². The van der Waals surface area contributed by atoms with Crippen molar-refractivity contribution in [3.8, 4) is 28.8 Å². The van der Waals surface area contributed by atoms with Crippen molar-refractivity contribution in [1.29, 1.82) is 0 Å². The number of hydrogen-bond acceptors (Lipinski definition) is 8. The fraction of sp³-hybridized carbons (Fsp3) is 0.208. The van der Waals surface area contributed by atoms with Gasteiger partial charge in [0.05, 0.1) is 26.2 Å². The van der Waals surface area contributed by atoms with Gasteiger partial charge in [0.1, 0.15) is 23.0 Å². The number of ether oxygens (including phenoxy) is 2. The minimum absolute atomic E-state index is 0.0115. The van der Waals surface area contributed by atoms with Gasteiger partial charge in [0, 0.05) is 12.6 Å². The average molecular weight is 530 g/mol. The van der Waals surface area contributed by atoms with Crippen LogP contribution in [0.15, 0.2) is 59.2 Å².